The molecule has 0 aliphatic heterocycles. The molecule has 2 aromatic carbocycles. The Labute approximate surface area is 88.7 Å². The predicted molar refractivity (Wildman–Crippen MR) is 61.1 cm³/mol. The molecule has 2 aromatic rings. The van der Waals surface area contributed by atoms with Crippen molar-refractivity contribution in [2.24, 2.45) is 0 Å². The number of rotatable bonds is 2. The first-order chi connectivity index (χ1) is 7.42. The van der Waals surface area contributed by atoms with Crippen molar-refractivity contribution in [2.75, 3.05) is 0 Å². The first-order valence-electron chi connectivity index (χ1n) is 4.78. The summed E-state index contributed by atoms with van der Waals surface area (Å²) in [5.74, 6) is 2.00. The normalized spacial score (nSPS) is 9.33. The summed E-state index contributed by atoms with van der Waals surface area (Å²) < 4.78 is 0. The summed E-state index contributed by atoms with van der Waals surface area (Å²) >= 11 is 0. The van der Waals surface area contributed by atoms with Gasteiger partial charge in [0, 0.05) is 0 Å². The Morgan fingerprint density at radius 2 is 1.13 bits per heavy atom. The second-order valence-electron chi connectivity index (χ2n) is 3.21. The molecule has 72 valence electrons. The fraction of sp³-hybridized carbons (Fsp3) is 0. The molecule has 0 bridgehead atoms. The topological polar surface area (TPSA) is 17.1 Å². The molecular formula is C14H10O. The van der Waals surface area contributed by atoms with E-state index >= 15 is 0 Å². The average molecular weight is 194 g/mol. The van der Waals surface area contributed by atoms with Crippen LogP contribution >= 0.6 is 0 Å². The van der Waals surface area contributed by atoms with Gasteiger partial charge in [-0.25, -0.2) is 4.79 Å². The molecular weight excluding hydrogens is 184 g/mol. The molecule has 0 aliphatic carbocycles. The third-order valence-corrected chi connectivity index (χ3v) is 2.23. The molecule has 0 aromatic heterocycles. The molecule has 0 saturated carbocycles. The third kappa shape index (κ3) is 2.04. The molecule has 0 saturated heterocycles. The van der Waals surface area contributed by atoms with Crippen LogP contribution in [0.4, 0.5) is 0 Å². The molecule has 0 spiro atoms. The second kappa shape index (κ2) is 4.41. The molecule has 0 fully saturated rings. The summed E-state index contributed by atoms with van der Waals surface area (Å²) in [6.07, 6.45) is 0. The van der Waals surface area contributed by atoms with Crippen molar-refractivity contribution < 1.29 is 4.79 Å². The van der Waals surface area contributed by atoms with E-state index in [9.17, 15) is 4.79 Å². The van der Waals surface area contributed by atoms with Crippen LogP contribution in [-0.2, 0) is 4.79 Å². The van der Waals surface area contributed by atoms with Gasteiger partial charge in [-0.1, -0.05) is 60.7 Å². The van der Waals surface area contributed by atoms with Crippen molar-refractivity contribution >= 4 is 11.5 Å². The van der Waals surface area contributed by atoms with E-state index in [-0.39, 0.29) is 0 Å². The first-order valence-corrected chi connectivity index (χ1v) is 4.78. The molecule has 0 unspecified atom stereocenters. The number of hydrogen-bond donors (Lipinski definition) is 0. The Morgan fingerprint density at radius 1 is 0.733 bits per heavy atom. The zero-order valence-electron chi connectivity index (χ0n) is 8.18. The zero-order valence-corrected chi connectivity index (χ0v) is 8.18. The molecule has 15 heavy (non-hydrogen) atoms. The molecule has 1 nitrogen and oxygen atoms in total. The van der Waals surface area contributed by atoms with Gasteiger partial charge in [0.05, 0.1) is 5.57 Å². The molecule has 0 heterocycles. The first kappa shape index (κ1) is 9.45. The van der Waals surface area contributed by atoms with Crippen molar-refractivity contribution in [3.05, 3.63) is 71.8 Å². The predicted octanol–water partition coefficient (Wildman–Crippen LogP) is 2.95. The van der Waals surface area contributed by atoms with Gasteiger partial charge in [-0.05, 0) is 11.1 Å². The minimum atomic E-state index is 0.608. The van der Waals surface area contributed by atoms with E-state index in [0.29, 0.717) is 5.57 Å². The highest BCUT2D eigenvalue weighted by atomic mass is 16.1. The number of hydrogen-bond acceptors (Lipinski definition) is 1. The van der Waals surface area contributed by atoms with E-state index < -0.39 is 0 Å². The summed E-state index contributed by atoms with van der Waals surface area (Å²) in [5.41, 5.74) is 2.41. The fourth-order valence-electron chi connectivity index (χ4n) is 1.49. The smallest absolute Gasteiger partial charge is 0.133 e. The second-order valence-corrected chi connectivity index (χ2v) is 3.21. The van der Waals surface area contributed by atoms with Crippen molar-refractivity contribution in [2.45, 2.75) is 0 Å². The van der Waals surface area contributed by atoms with Crippen molar-refractivity contribution in [3.63, 3.8) is 0 Å². The van der Waals surface area contributed by atoms with E-state index in [1.165, 1.54) is 0 Å². The Hall–Kier alpha value is -2.11. The Morgan fingerprint density at radius 3 is 1.47 bits per heavy atom. The van der Waals surface area contributed by atoms with Crippen LogP contribution in [0.2, 0.25) is 0 Å². The Bertz CT molecular complexity index is 438. The van der Waals surface area contributed by atoms with Gasteiger partial charge in [0.15, 0.2) is 0 Å². The van der Waals surface area contributed by atoms with Gasteiger partial charge in [-0.15, -0.1) is 0 Å². The zero-order chi connectivity index (χ0) is 10.5. The summed E-state index contributed by atoms with van der Waals surface area (Å²) in [7, 11) is 0. The maximum atomic E-state index is 10.9. The summed E-state index contributed by atoms with van der Waals surface area (Å²) in [6.45, 7) is 0. The number of carbonyl (C=O) groups excluding carboxylic acids is 1. The minimum Gasteiger partial charge on any atom is -0.233 e. The van der Waals surface area contributed by atoms with Gasteiger partial charge >= 0.3 is 0 Å². The van der Waals surface area contributed by atoms with Gasteiger partial charge < -0.3 is 0 Å². The lowest BCUT2D eigenvalue weighted by molar-refractivity contribution is 0.569. The summed E-state index contributed by atoms with van der Waals surface area (Å²) in [4.78, 5) is 10.9. The maximum Gasteiger partial charge on any atom is 0.133 e. The van der Waals surface area contributed by atoms with Crippen LogP contribution < -0.4 is 0 Å². The van der Waals surface area contributed by atoms with Crippen LogP contribution in [-0.4, -0.2) is 5.94 Å². The maximum absolute atomic E-state index is 10.9. The molecule has 0 radical (unpaired) electrons. The van der Waals surface area contributed by atoms with Crippen molar-refractivity contribution in [1.82, 2.24) is 0 Å². The van der Waals surface area contributed by atoms with Crippen LogP contribution in [0.3, 0.4) is 0 Å². The van der Waals surface area contributed by atoms with Gasteiger partial charge in [-0.2, -0.15) is 0 Å². The molecule has 0 N–H and O–H groups in total. The quantitative estimate of drug-likeness (QED) is 0.672. The molecule has 0 aliphatic rings. The lowest BCUT2D eigenvalue weighted by Gasteiger charge is -2.02. The van der Waals surface area contributed by atoms with Crippen LogP contribution in [0.5, 0.6) is 0 Å². The largest absolute Gasteiger partial charge is 0.233 e. The van der Waals surface area contributed by atoms with Gasteiger partial charge in [0.2, 0.25) is 0 Å². The SMILES string of the molecule is O=C=C(c1ccccc1)c1ccccc1. The minimum absolute atomic E-state index is 0.608. The standard InChI is InChI=1S/C14H10O/c15-11-14(12-7-3-1-4-8-12)13-9-5-2-6-10-13/h1-10H. The third-order valence-electron chi connectivity index (χ3n) is 2.23. The van der Waals surface area contributed by atoms with Crippen LogP contribution in [0.15, 0.2) is 60.7 Å². The highest BCUT2D eigenvalue weighted by Gasteiger charge is 2.03. The Balaban J connectivity index is 2.48. The fourth-order valence-corrected chi connectivity index (χ4v) is 1.49. The lowest BCUT2D eigenvalue weighted by Crippen LogP contribution is -1.87. The van der Waals surface area contributed by atoms with Gasteiger partial charge in [-0.3, -0.25) is 0 Å². The lowest BCUT2D eigenvalue weighted by atomic mass is 10.00. The highest BCUT2D eigenvalue weighted by Crippen LogP contribution is 2.19. The van der Waals surface area contributed by atoms with Crippen LogP contribution in [0, 0.1) is 0 Å². The van der Waals surface area contributed by atoms with Crippen molar-refractivity contribution in [1.29, 1.82) is 0 Å². The van der Waals surface area contributed by atoms with Crippen LogP contribution in [0.25, 0.3) is 5.57 Å². The monoisotopic (exact) mass is 194 g/mol. The van der Waals surface area contributed by atoms with E-state index in [4.69, 9.17) is 0 Å². The van der Waals surface area contributed by atoms with Crippen LogP contribution in [0.1, 0.15) is 11.1 Å². The highest BCUT2D eigenvalue weighted by molar-refractivity contribution is 5.96. The number of benzene rings is 2. The van der Waals surface area contributed by atoms with E-state index in [1.807, 2.05) is 66.6 Å². The molecule has 0 atom stereocenters. The van der Waals surface area contributed by atoms with Gasteiger partial charge in [0.1, 0.15) is 5.94 Å². The Kier molecular flexibility index (Phi) is 2.77. The van der Waals surface area contributed by atoms with Gasteiger partial charge in [0.25, 0.3) is 0 Å². The summed E-state index contributed by atoms with van der Waals surface area (Å²) in [5, 5.41) is 0. The van der Waals surface area contributed by atoms with E-state index in [0.717, 1.165) is 11.1 Å². The summed E-state index contributed by atoms with van der Waals surface area (Å²) in [6, 6.07) is 19.1. The van der Waals surface area contributed by atoms with Crippen molar-refractivity contribution in [3.8, 4) is 0 Å². The average Bonchev–Trinajstić information content (AvgIpc) is 2.33. The van der Waals surface area contributed by atoms with E-state index in [1.54, 1.807) is 0 Å². The molecule has 1 heteroatoms. The molecule has 2 rings (SSSR count). The molecule has 0 amide bonds. The van der Waals surface area contributed by atoms with E-state index in [2.05, 4.69) is 0 Å².